The summed E-state index contributed by atoms with van der Waals surface area (Å²) in [4.78, 5) is 14.2. The van der Waals surface area contributed by atoms with Crippen molar-refractivity contribution in [1.29, 1.82) is 0 Å². The smallest absolute Gasteiger partial charge is 0.320 e. The number of aromatic nitrogens is 1. The zero-order valence-electron chi connectivity index (χ0n) is 7.29. The van der Waals surface area contributed by atoms with Gasteiger partial charge in [-0.15, -0.1) is 24.8 Å². The molecule has 0 spiro atoms. The molecule has 0 aliphatic rings. The number of carboxylic acids is 1. The Labute approximate surface area is 94.3 Å². The summed E-state index contributed by atoms with van der Waals surface area (Å²) in [5.74, 6) is -0.980. The van der Waals surface area contributed by atoms with Crippen LogP contribution in [0.15, 0.2) is 24.5 Å². The van der Waals surface area contributed by atoms with Crippen molar-refractivity contribution in [2.75, 3.05) is 0 Å². The van der Waals surface area contributed by atoms with Crippen LogP contribution in [-0.2, 0) is 11.2 Å². The fourth-order valence-corrected chi connectivity index (χ4v) is 0.860. The molecule has 14 heavy (non-hydrogen) atoms. The van der Waals surface area contributed by atoms with Crippen LogP contribution in [-0.4, -0.2) is 22.1 Å². The molecule has 3 N–H and O–H groups in total. The molecule has 0 fully saturated rings. The van der Waals surface area contributed by atoms with Crippen LogP contribution >= 0.6 is 24.8 Å². The van der Waals surface area contributed by atoms with Gasteiger partial charge in [-0.2, -0.15) is 0 Å². The second-order valence-electron chi connectivity index (χ2n) is 2.50. The summed E-state index contributed by atoms with van der Waals surface area (Å²) in [6.07, 6.45) is 3.58. The minimum absolute atomic E-state index is 0. The molecule has 0 amide bonds. The molecule has 1 aromatic heterocycles. The van der Waals surface area contributed by atoms with Crippen LogP contribution in [0.5, 0.6) is 0 Å². The highest BCUT2D eigenvalue weighted by Crippen LogP contribution is 1.99. The van der Waals surface area contributed by atoms with E-state index in [1.54, 1.807) is 24.5 Å². The van der Waals surface area contributed by atoms with Crippen molar-refractivity contribution in [2.24, 2.45) is 5.73 Å². The molecule has 1 atom stereocenters. The molecule has 0 aliphatic heterocycles. The van der Waals surface area contributed by atoms with Gasteiger partial charge in [0.15, 0.2) is 0 Å². The van der Waals surface area contributed by atoms with Crippen molar-refractivity contribution < 1.29 is 9.90 Å². The summed E-state index contributed by atoms with van der Waals surface area (Å²) in [5.41, 5.74) is 6.22. The Balaban J connectivity index is 0. The monoisotopic (exact) mass is 238 g/mol. The summed E-state index contributed by atoms with van der Waals surface area (Å²) >= 11 is 0. The van der Waals surface area contributed by atoms with Gasteiger partial charge in [0.05, 0.1) is 0 Å². The lowest BCUT2D eigenvalue weighted by molar-refractivity contribution is -0.138. The molecule has 1 unspecified atom stereocenters. The number of hydrogen-bond acceptors (Lipinski definition) is 3. The van der Waals surface area contributed by atoms with E-state index in [1.807, 2.05) is 0 Å². The first-order valence-electron chi connectivity index (χ1n) is 3.57. The van der Waals surface area contributed by atoms with Gasteiger partial charge in [-0.1, -0.05) is 0 Å². The van der Waals surface area contributed by atoms with Gasteiger partial charge in [0.25, 0.3) is 0 Å². The lowest BCUT2D eigenvalue weighted by Gasteiger charge is -2.04. The van der Waals surface area contributed by atoms with Gasteiger partial charge in [0.1, 0.15) is 6.04 Å². The van der Waals surface area contributed by atoms with Gasteiger partial charge >= 0.3 is 5.97 Å². The van der Waals surface area contributed by atoms with E-state index in [2.05, 4.69) is 4.98 Å². The molecule has 0 saturated heterocycles. The van der Waals surface area contributed by atoms with E-state index >= 15 is 0 Å². The molecule has 1 rings (SSSR count). The Morgan fingerprint density at radius 2 is 1.93 bits per heavy atom. The molecular formula is C8H12Cl2N2O2. The fraction of sp³-hybridized carbons (Fsp3) is 0.250. The Morgan fingerprint density at radius 3 is 2.36 bits per heavy atom. The fourth-order valence-electron chi connectivity index (χ4n) is 0.860. The molecule has 80 valence electrons. The summed E-state index contributed by atoms with van der Waals surface area (Å²) in [6.45, 7) is 0. The standard InChI is InChI=1S/C8H10N2O2.2ClH/c9-7(8(11)12)5-6-1-3-10-4-2-6;;/h1-4,7H,5,9H2,(H,11,12);2*1H. The average Bonchev–Trinajstić information content (AvgIpc) is 2.06. The van der Waals surface area contributed by atoms with E-state index < -0.39 is 12.0 Å². The first-order valence-corrected chi connectivity index (χ1v) is 3.57. The Kier molecular flexibility index (Phi) is 8.43. The predicted molar refractivity (Wildman–Crippen MR) is 58.0 cm³/mol. The molecule has 6 heteroatoms. The third-order valence-electron chi connectivity index (χ3n) is 1.52. The van der Waals surface area contributed by atoms with E-state index in [0.717, 1.165) is 5.56 Å². The van der Waals surface area contributed by atoms with Crippen molar-refractivity contribution in [1.82, 2.24) is 4.98 Å². The normalized spacial score (nSPS) is 10.6. The van der Waals surface area contributed by atoms with Crippen LogP contribution in [0.3, 0.4) is 0 Å². The molecule has 1 aromatic rings. The van der Waals surface area contributed by atoms with E-state index in [4.69, 9.17) is 10.8 Å². The zero-order chi connectivity index (χ0) is 8.97. The zero-order valence-corrected chi connectivity index (χ0v) is 8.92. The third-order valence-corrected chi connectivity index (χ3v) is 1.52. The van der Waals surface area contributed by atoms with Crippen LogP contribution in [0.25, 0.3) is 0 Å². The minimum atomic E-state index is -0.980. The van der Waals surface area contributed by atoms with Crippen molar-refractivity contribution in [3.05, 3.63) is 30.1 Å². The van der Waals surface area contributed by atoms with Crippen LogP contribution < -0.4 is 5.73 Å². The predicted octanol–water partition coefficient (Wildman–Crippen LogP) is 0.880. The quantitative estimate of drug-likeness (QED) is 0.820. The van der Waals surface area contributed by atoms with Crippen molar-refractivity contribution >= 4 is 30.8 Å². The van der Waals surface area contributed by atoms with Crippen LogP contribution in [0.1, 0.15) is 5.56 Å². The molecular weight excluding hydrogens is 227 g/mol. The molecule has 0 radical (unpaired) electrons. The maximum Gasteiger partial charge on any atom is 0.320 e. The van der Waals surface area contributed by atoms with Crippen molar-refractivity contribution in [3.63, 3.8) is 0 Å². The number of carbonyl (C=O) groups is 1. The molecule has 0 aromatic carbocycles. The number of nitrogens with zero attached hydrogens (tertiary/aromatic N) is 1. The summed E-state index contributed by atoms with van der Waals surface area (Å²) in [5, 5.41) is 8.50. The highest BCUT2D eigenvalue weighted by molar-refractivity contribution is 5.85. The number of carboxylic acid groups (broad SMARTS) is 1. The van der Waals surface area contributed by atoms with Gasteiger partial charge in [0, 0.05) is 12.4 Å². The number of hydrogen-bond donors (Lipinski definition) is 2. The van der Waals surface area contributed by atoms with Gasteiger partial charge < -0.3 is 10.8 Å². The molecule has 1 heterocycles. The first kappa shape index (κ1) is 15.6. The number of pyridine rings is 1. The lowest BCUT2D eigenvalue weighted by Crippen LogP contribution is -2.32. The van der Waals surface area contributed by atoms with Gasteiger partial charge in [-0.25, -0.2) is 0 Å². The second kappa shape index (κ2) is 7.55. The molecule has 4 nitrogen and oxygen atoms in total. The number of rotatable bonds is 3. The number of nitrogens with two attached hydrogens (primary N) is 1. The SMILES string of the molecule is Cl.Cl.NC(Cc1ccncc1)C(=O)O. The number of halogens is 2. The molecule has 0 aliphatic carbocycles. The summed E-state index contributed by atoms with van der Waals surface area (Å²) in [7, 11) is 0. The van der Waals surface area contributed by atoms with Crippen molar-refractivity contribution in [3.8, 4) is 0 Å². The van der Waals surface area contributed by atoms with Crippen LogP contribution in [0.2, 0.25) is 0 Å². The lowest BCUT2D eigenvalue weighted by atomic mass is 10.1. The van der Waals surface area contributed by atoms with Gasteiger partial charge in [0.2, 0.25) is 0 Å². The molecule has 0 saturated carbocycles. The first-order chi connectivity index (χ1) is 5.70. The second-order valence-corrected chi connectivity index (χ2v) is 2.50. The van der Waals surface area contributed by atoms with Gasteiger partial charge in [-0.05, 0) is 24.1 Å². The van der Waals surface area contributed by atoms with Crippen LogP contribution in [0.4, 0.5) is 0 Å². The third kappa shape index (κ3) is 5.01. The van der Waals surface area contributed by atoms with Gasteiger partial charge in [-0.3, -0.25) is 9.78 Å². The maximum absolute atomic E-state index is 10.4. The molecule has 0 bridgehead atoms. The highest BCUT2D eigenvalue weighted by atomic mass is 35.5. The topological polar surface area (TPSA) is 76.2 Å². The van der Waals surface area contributed by atoms with Crippen LogP contribution in [0, 0.1) is 0 Å². The Bertz CT molecular complexity index is 269. The van der Waals surface area contributed by atoms with Crippen molar-refractivity contribution in [2.45, 2.75) is 12.5 Å². The Morgan fingerprint density at radius 1 is 1.43 bits per heavy atom. The average molecular weight is 239 g/mol. The summed E-state index contributed by atoms with van der Waals surface area (Å²) < 4.78 is 0. The summed E-state index contributed by atoms with van der Waals surface area (Å²) in [6, 6.07) is 2.68. The minimum Gasteiger partial charge on any atom is -0.480 e. The number of aliphatic carboxylic acids is 1. The largest absolute Gasteiger partial charge is 0.480 e. The Hall–Kier alpha value is -0.840. The van der Waals surface area contributed by atoms with E-state index in [0.29, 0.717) is 6.42 Å². The highest BCUT2D eigenvalue weighted by Gasteiger charge is 2.11. The van der Waals surface area contributed by atoms with E-state index in [9.17, 15) is 4.79 Å². The van der Waals surface area contributed by atoms with E-state index in [1.165, 1.54) is 0 Å². The van der Waals surface area contributed by atoms with E-state index in [-0.39, 0.29) is 24.8 Å². The maximum atomic E-state index is 10.4.